The van der Waals surface area contributed by atoms with Gasteiger partial charge in [-0.2, -0.15) is 5.10 Å². The van der Waals surface area contributed by atoms with E-state index >= 15 is 0 Å². The highest BCUT2D eigenvalue weighted by Gasteiger charge is 2.35. The van der Waals surface area contributed by atoms with Gasteiger partial charge in [0, 0.05) is 42.4 Å². The summed E-state index contributed by atoms with van der Waals surface area (Å²) >= 11 is 6.26. The fourth-order valence-corrected chi connectivity index (χ4v) is 4.18. The zero-order chi connectivity index (χ0) is 22.1. The molecule has 32 heavy (non-hydrogen) atoms. The van der Waals surface area contributed by atoms with Crippen molar-refractivity contribution in [3.8, 4) is 11.3 Å². The number of nitrogens with zero attached hydrogens (tertiary/aromatic N) is 5. The molecule has 1 amide bonds. The Morgan fingerprint density at radius 3 is 2.97 bits per heavy atom. The molecule has 0 radical (unpaired) electrons. The molecule has 1 aromatic carbocycles. The Morgan fingerprint density at radius 2 is 2.16 bits per heavy atom. The molecule has 1 aliphatic rings. The van der Waals surface area contributed by atoms with E-state index in [2.05, 4.69) is 15.2 Å². The molecular formula is C23H22ClN5O3. The average Bonchev–Trinajstić information content (AvgIpc) is 3.60. The van der Waals surface area contributed by atoms with Gasteiger partial charge < -0.3 is 13.8 Å². The lowest BCUT2D eigenvalue weighted by atomic mass is 10.1. The number of rotatable bonds is 6. The minimum absolute atomic E-state index is 0.194. The summed E-state index contributed by atoms with van der Waals surface area (Å²) in [7, 11) is 0. The molecule has 3 aromatic heterocycles. The summed E-state index contributed by atoms with van der Waals surface area (Å²) in [6.07, 6.45) is 7.48. The molecule has 1 aliphatic heterocycles. The highest BCUT2D eigenvalue weighted by Crippen LogP contribution is 2.34. The summed E-state index contributed by atoms with van der Waals surface area (Å²) < 4.78 is 13.2. The molecule has 4 heterocycles. The number of hydrogen-bond donors (Lipinski definition) is 0. The van der Waals surface area contributed by atoms with E-state index in [1.165, 1.54) is 0 Å². The van der Waals surface area contributed by atoms with Crippen molar-refractivity contribution in [3.05, 3.63) is 76.9 Å². The van der Waals surface area contributed by atoms with Gasteiger partial charge in [0.05, 0.1) is 12.4 Å². The maximum absolute atomic E-state index is 13.2. The molecule has 0 spiro atoms. The maximum Gasteiger partial charge on any atom is 0.293 e. The molecule has 164 valence electrons. The van der Waals surface area contributed by atoms with Gasteiger partial charge in [-0.25, -0.2) is 4.98 Å². The smallest absolute Gasteiger partial charge is 0.293 e. The van der Waals surface area contributed by atoms with Crippen molar-refractivity contribution in [2.24, 2.45) is 0 Å². The molecule has 1 unspecified atom stereocenters. The average molecular weight is 452 g/mol. The van der Waals surface area contributed by atoms with Gasteiger partial charge in [-0.3, -0.25) is 9.48 Å². The van der Waals surface area contributed by atoms with Crippen LogP contribution in [0.3, 0.4) is 0 Å². The molecule has 1 fully saturated rings. The largest absolute Gasteiger partial charge is 0.443 e. The van der Waals surface area contributed by atoms with Crippen LogP contribution in [-0.2, 0) is 13.0 Å². The molecule has 5 rings (SSSR count). The highest BCUT2D eigenvalue weighted by atomic mass is 35.5. The summed E-state index contributed by atoms with van der Waals surface area (Å²) in [5.41, 5.74) is 2.36. The Labute approximate surface area is 189 Å². The zero-order valence-electron chi connectivity index (χ0n) is 17.6. The van der Waals surface area contributed by atoms with Crippen LogP contribution < -0.4 is 0 Å². The van der Waals surface area contributed by atoms with Crippen LogP contribution in [0.15, 0.2) is 57.9 Å². The molecule has 4 aromatic rings. The molecule has 0 saturated carbocycles. The number of likely N-dealkylation sites (tertiary alicyclic amines) is 1. The van der Waals surface area contributed by atoms with E-state index in [9.17, 15) is 4.79 Å². The minimum Gasteiger partial charge on any atom is -0.443 e. The van der Waals surface area contributed by atoms with Gasteiger partial charge in [-0.15, -0.1) is 0 Å². The van der Waals surface area contributed by atoms with Crippen molar-refractivity contribution in [2.45, 2.75) is 38.8 Å². The molecule has 0 aliphatic carbocycles. The van der Waals surface area contributed by atoms with Gasteiger partial charge in [0.25, 0.3) is 5.91 Å². The first-order chi connectivity index (χ1) is 15.6. The van der Waals surface area contributed by atoms with Crippen LogP contribution in [0.1, 0.15) is 53.6 Å². The van der Waals surface area contributed by atoms with Crippen molar-refractivity contribution in [1.82, 2.24) is 24.8 Å². The van der Waals surface area contributed by atoms with Gasteiger partial charge in [0.2, 0.25) is 11.7 Å². The second kappa shape index (κ2) is 8.63. The number of hydrogen-bond acceptors (Lipinski definition) is 6. The second-order valence-corrected chi connectivity index (χ2v) is 8.16. The second-order valence-electron chi connectivity index (χ2n) is 7.75. The van der Waals surface area contributed by atoms with Crippen molar-refractivity contribution >= 4 is 17.5 Å². The van der Waals surface area contributed by atoms with E-state index in [0.29, 0.717) is 35.3 Å². The standard InChI is InChI=1S/C23H22ClN5O3/c1-2-28-14-16(12-26-28)19-11-21(32-27-19)23(30)29-9-5-8-20(29)22-25-13-17(31-22)10-15-6-3-4-7-18(15)24/h3-4,6-7,11-14,20H,2,5,8-10H2,1H3. The monoisotopic (exact) mass is 451 g/mol. The van der Waals surface area contributed by atoms with Crippen LogP contribution in [0.2, 0.25) is 5.02 Å². The quantitative estimate of drug-likeness (QED) is 0.419. The number of aryl methyl sites for hydroxylation is 1. The molecule has 0 bridgehead atoms. The summed E-state index contributed by atoms with van der Waals surface area (Å²) in [6.45, 7) is 3.37. The Bertz CT molecular complexity index is 1240. The predicted octanol–water partition coefficient (Wildman–Crippen LogP) is 4.77. The van der Waals surface area contributed by atoms with Crippen LogP contribution in [0.5, 0.6) is 0 Å². The zero-order valence-corrected chi connectivity index (χ0v) is 18.3. The van der Waals surface area contributed by atoms with Crippen LogP contribution in [0, 0.1) is 0 Å². The van der Waals surface area contributed by atoms with Crippen LogP contribution in [-0.4, -0.2) is 37.3 Å². The predicted molar refractivity (Wildman–Crippen MR) is 117 cm³/mol. The van der Waals surface area contributed by atoms with E-state index in [0.717, 1.165) is 30.5 Å². The minimum atomic E-state index is -0.237. The summed E-state index contributed by atoms with van der Waals surface area (Å²) in [5, 5.41) is 8.99. The van der Waals surface area contributed by atoms with Crippen molar-refractivity contribution in [3.63, 3.8) is 0 Å². The molecule has 9 heteroatoms. The number of aromatic nitrogens is 4. The molecule has 1 atom stereocenters. The first-order valence-corrected chi connectivity index (χ1v) is 11.0. The number of carbonyl (C=O) groups is 1. The maximum atomic E-state index is 13.2. The van der Waals surface area contributed by atoms with Crippen LogP contribution in [0.25, 0.3) is 11.3 Å². The third kappa shape index (κ3) is 3.93. The van der Waals surface area contributed by atoms with E-state index < -0.39 is 0 Å². The van der Waals surface area contributed by atoms with Gasteiger partial charge in [0.1, 0.15) is 17.5 Å². The number of oxazole rings is 1. The fraction of sp³-hybridized carbons (Fsp3) is 0.304. The van der Waals surface area contributed by atoms with Gasteiger partial charge in [-0.05, 0) is 31.4 Å². The third-order valence-corrected chi connectivity index (χ3v) is 6.04. The summed E-state index contributed by atoms with van der Waals surface area (Å²) in [5.74, 6) is 1.21. The number of amides is 1. The Hall–Kier alpha value is -3.39. The first-order valence-electron chi connectivity index (χ1n) is 10.6. The lowest BCUT2D eigenvalue weighted by Gasteiger charge is -2.20. The lowest BCUT2D eigenvalue weighted by molar-refractivity contribution is 0.0672. The normalized spacial score (nSPS) is 16.1. The Kier molecular flexibility index (Phi) is 5.53. The van der Waals surface area contributed by atoms with Crippen LogP contribution >= 0.6 is 11.6 Å². The Balaban J connectivity index is 1.32. The highest BCUT2D eigenvalue weighted by molar-refractivity contribution is 6.31. The summed E-state index contributed by atoms with van der Waals surface area (Å²) in [6, 6.07) is 9.07. The van der Waals surface area contributed by atoms with Crippen molar-refractivity contribution in [2.75, 3.05) is 6.54 Å². The SMILES string of the molecule is CCn1cc(-c2cc(C(=O)N3CCCC3c3ncc(Cc4ccccc4Cl)o3)on2)cn1. The number of benzene rings is 1. The van der Waals surface area contributed by atoms with E-state index in [-0.39, 0.29) is 17.7 Å². The Morgan fingerprint density at radius 1 is 1.28 bits per heavy atom. The van der Waals surface area contributed by atoms with Crippen molar-refractivity contribution in [1.29, 1.82) is 0 Å². The van der Waals surface area contributed by atoms with E-state index in [1.807, 2.05) is 37.4 Å². The molecule has 8 nitrogen and oxygen atoms in total. The van der Waals surface area contributed by atoms with Gasteiger partial charge in [0.15, 0.2) is 0 Å². The van der Waals surface area contributed by atoms with E-state index in [1.54, 1.807) is 28.0 Å². The van der Waals surface area contributed by atoms with Crippen molar-refractivity contribution < 1.29 is 13.7 Å². The van der Waals surface area contributed by atoms with Gasteiger partial charge in [-0.1, -0.05) is 35.0 Å². The lowest BCUT2D eigenvalue weighted by Crippen LogP contribution is -2.30. The van der Waals surface area contributed by atoms with Gasteiger partial charge >= 0.3 is 0 Å². The van der Waals surface area contributed by atoms with E-state index in [4.69, 9.17) is 20.5 Å². The molecule has 0 N–H and O–H groups in total. The fourth-order valence-electron chi connectivity index (χ4n) is 3.98. The molecule has 1 saturated heterocycles. The third-order valence-electron chi connectivity index (χ3n) is 5.67. The first kappa shape index (κ1) is 20.5. The summed E-state index contributed by atoms with van der Waals surface area (Å²) in [4.78, 5) is 19.4. The topological polar surface area (TPSA) is 90.2 Å². The number of carbonyl (C=O) groups excluding carboxylic acids is 1. The number of halogens is 1. The van der Waals surface area contributed by atoms with Crippen LogP contribution in [0.4, 0.5) is 0 Å². The molecular weight excluding hydrogens is 430 g/mol.